The molecule has 2 aromatic rings. The average molecular weight is 236 g/mol. The number of nitrogens with one attached hydrogen (secondary N) is 2. The first kappa shape index (κ1) is 11.2. The third-order valence-electron chi connectivity index (χ3n) is 2.44. The third kappa shape index (κ3) is 2.43. The van der Waals surface area contributed by atoms with Gasteiger partial charge in [0.1, 0.15) is 0 Å². The lowest BCUT2D eigenvalue weighted by Crippen LogP contribution is -2.22. The van der Waals surface area contributed by atoms with E-state index in [1.807, 2.05) is 30.3 Å². The van der Waals surface area contributed by atoms with Crippen LogP contribution in [0.4, 0.5) is 0 Å². The fourth-order valence-corrected chi connectivity index (χ4v) is 1.82. The molecule has 0 aliphatic heterocycles. The Bertz CT molecular complexity index is 422. The highest BCUT2D eigenvalue weighted by atomic mass is 35.5. The Kier molecular flexibility index (Phi) is 3.59. The van der Waals surface area contributed by atoms with E-state index >= 15 is 0 Å². The highest BCUT2D eigenvalue weighted by molar-refractivity contribution is 6.30. The van der Waals surface area contributed by atoms with Gasteiger partial charge in [0, 0.05) is 11.2 Å². The van der Waals surface area contributed by atoms with Crippen LogP contribution < -0.4 is 5.32 Å². The summed E-state index contributed by atoms with van der Waals surface area (Å²) in [6.45, 7) is 2.98. The number of benzene rings is 1. The topological polar surface area (TPSA) is 40.7 Å². The second-order valence-electron chi connectivity index (χ2n) is 3.55. The smallest absolute Gasteiger partial charge is 0.0745 e. The van der Waals surface area contributed by atoms with Crippen molar-refractivity contribution in [2.45, 2.75) is 13.0 Å². The number of hydrogen-bond donors (Lipinski definition) is 2. The van der Waals surface area contributed by atoms with Gasteiger partial charge >= 0.3 is 0 Å². The Labute approximate surface area is 99.8 Å². The fraction of sp³-hybridized carbons (Fsp3) is 0.250. The Morgan fingerprint density at radius 1 is 1.31 bits per heavy atom. The molecule has 1 atom stereocenters. The Hall–Kier alpha value is -1.32. The average Bonchev–Trinajstić information content (AvgIpc) is 2.81. The SMILES string of the molecule is CCNC(c1ccc(Cl)cc1)c1ccn[nH]1. The first-order valence-electron chi connectivity index (χ1n) is 5.29. The highest BCUT2D eigenvalue weighted by Crippen LogP contribution is 2.21. The molecule has 0 amide bonds. The summed E-state index contributed by atoms with van der Waals surface area (Å²) < 4.78 is 0. The highest BCUT2D eigenvalue weighted by Gasteiger charge is 2.13. The zero-order valence-electron chi connectivity index (χ0n) is 9.07. The quantitative estimate of drug-likeness (QED) is 0.856. The van der Waals surface area contributed by atoms with Gasteiger partial charge in [-0.25, -0.2) is 0 Å². The molecule has 1 aromatic heterocycles. The summed E-state index contributed by atoms with van der Waals surface area (Å²) >= 11 is 5.88. The van der Waals surface area contributed by atoms with E-state index in [-0.39, 0.29) is 6.04 Å². The fourth-order valence-electron chi connectivity index (χ4n) is 1.69. The Balaban J connectivity index is 2.29. The van der Waals surface area contributed by atoms with E-state index in [1.54, 1.807) is 6.20 Å². The van der Waals surface area contributed by atoms with Crippen molar-refractivity contribution >= 4 is 11.6 Å². The van der Waals surface area contributed by atoms with Crippen LogP contribution in [0.15, 0.2) is 36.5 Å². The van der Waals surface area contributed by atoms with Crippen LogP contribution in [-0.2, 0) is 0 Å². The summed E-state index contributed by atoms with van der Waals surface area (Å²) in [5.41, 5.74) is 2.24. The molecule has 1 aromatic carbocycles. The molecule has 0 fully saturated rings. The molecule has 0 radical (unpaired) electrons. The zero-order chi connectivity index (χ0) is 11.4. The van der Waals surface area contributed by atoms with Crippen molar-refractivity contribution in [2.24, 2.45) is 0 Å². The van der Waals surface area contributed by atoms with Crippen LogP contribution in [0.1, 0.15) is 24.2 Å². The Morgan fingerprint density at radius 3 is 2.62 bits per heavy atom. The van der Waals surface area contributed by atoms with Gasteiger partial charge < -0.3 is 5.32 Å². The maximum Gasteiger partial charge on any atom is 0.0745 e. The van der Waals surface area contributed by atoms with Crippen molar-refractivity contribution in [3.05, 3.63) is 52.8 Å². The number of aromatic nitrogens is 2. The monoisotopic (exact) mass is 235 g/mol. The van der Waals surface area contributed by atoms with Crippen LogP contribution in [0.5, 0.6) is 0 Å². The van der Waals surface area contributed by atoms with E-state index in [4.69, 9.17) is 11.6 Å². The maximum absolute atomic E-state index is 5.88. The van der Waals surface area contributed by atoms with Gasteiger partial charge in [0.15, 0.2) is 0 Å². The molecular formula is C12H14ClN3. The number of aromatic amines is 1. The van der Waals surface area contributed by atoms with Crippen molar-refractivity contribution in [1.82, 2.24) is 15.5 Å². The number of halogens is 1. The molecule has 16 heavy (non-hydrogen) atoms. The third-order valence-corrected chi connectivity index (χ3v) is 2.70. The van der Waals surface area contributed by atoms with Crippen LogP contribution in [0.25, 0.3) is 0 Å². The molecule has 84 valence electrons. The molecule has 1 heterocycles. The lowest BCUT2D eigenvalue weighted by molar-refractivity contribution is 0.613. The molecule has 0 aliphatic rings. The molecule has 0 saturated heterocycles. The van der Waals surface area contributed by atoms with Crippen molar-refractivity contribution in [3.8, 4) is 0 Å². The lowest BCUT2D eigenvalue weighted by atomic mass is 10.0. The van der Waals surface area contributed by atoms with Crippen LogP contribution in [0, 0.1) is 0 Å². The predicted molar refractivity (Wildman–Crippen MR) is 65.6 cm³/mol. The standard InChI is InChI=1S/C12H14ClN3/c1-2-14-12(11-7-8-15-16-11)9-3-5-10(13)6-4-9/h3-8,12,14H,2H2,1H3,(H,15,16). The van der Waals surface area contributed by atoms with Crippen molar-refractivity contribution in [3.63, 3.8) is 0 Å². The van der Waals surface area contributed by atoms with Crippen LogP contribution in [0.3, 0.4) is 0 Å². The van der Waals surface area contributed by atoms with Gasteiger partial charge in [0.2, 0.25) is 0 Å². The molecule has 0 saturated carbocycles. The number of hydrogen-bond acceptors (Lipinski definition) is 2. The minimum Gasteiger partial charge on any atom is -0.305 e. The summed E-state index contributed by atoms with van der Waals surface area (Å²) in [5.74, 6) is 0. The molecule has 0 bridgehead atoms. The second kappa shape index (κ2) is 5.14. The van der Waals surface area contributed by atoms with E-state index in [2.05, 4.69) is 22.4 Å². The van der Waals surface area contributed by atoms with Gasteiger partial charge in [-0.05, 0) is 30.3 Å². The van der Waals surface area contributed by atoms with Gasteiger partial charge in [-0.1, -0.05) is 30.7 Å². The maximum atomic E-state index is 5.88. The molecule has 0 aliphatic carbocycles. The minimum atomic E-state index is 0.143. The summed E-state index contributed by atoms with van der Waals surface area (Å²) in [6, 6.07) is 9.97. The van der Waals surface area contributed by atoms with Crippen LogP contribution in [-0.4, -0.2) is 16.7 Å². The van der Waals surface area contributed by atoms with Gasteiger partial charge in [-0.3, -0.25) is 5.10 Å². The van der Waals surface area contributed by atoms with Crippen LogP contribution >= 0.6 is 11.6 Å². The van der Waals surface area contributed by atoms with Gasteiger partial charge in [0.25, 0.3) is 0 Å². The summed E-state index contributed by atoms with van der Waals surface area (Å²) in [5, 5.41) is 11.1. The first-order valence-corrected chi connectivity index (χ1v) is 5.67. The normalized spacial score (nSPS) is 12.6. The number of H-pyrrole nitrogens is 1. The van der Waals surface area contributed by atoms with Crippen molar-refractivity contribution in [1.29, 1.82) is 0 Å². The van der Waals surface area contributed by atoms with Gasteiger partial charge in [-0.15, -0.1) is 0 Å². The summed E-state index contributed by atoms with van der Waals surface area (Å²) in [6.07, 6.45) is 1.76. The van der Waals surface area contributed by atoms with E-state index in [0.717, 1.165) is 17.3 Å². The Morgan fingerprint density at radius 2 is 2.06 bits per heavy atom. The zero-order valence-corrected chi connectivity index (χ0v) is 9.83. The molecule has 4 heteroatoms. The molecule has 0 spiro atoms. The van der Waals surface area contributed by atoms with E-state index in [9.17, 15) is 0 Å². The van der Waals surface area contributed by atoms with Crippen LogP contribution in [0.2, 0.25) is 5.02 Å². The van der Waals surface area contributed by atoms with Crippen molar-refractivity contribution < 1.29 is 0 Å². The van der Waals surface area contributed by atoms with Gasteiger partial charge in [-0.2, -0.15) is 5.10 Å². The summed E-state index contributed by atoms with van der Waals surface area (Å²) in [7, 11) is 0. The molecule has 2 rings (SSSR count). The van der Waals surface area contributed by atoms with E-state index < -0.39 is 0 Å². The first-order chi connectivity index (χ1) is 7.81. The lowest BCUT2D eigenvalue weighted by Gasteiger charge is -2.16. The van der Waals surface area contributed by atoms with E-state index in [1.165, 1.54) is 5.56 Å². The largest absolute Gasteiger partial charge is 0.305 e. The van der Waals surface area contributed by atoms with Gasteiger partial charge in [0.05, 0.1) is 11.7 Å². The number of nitrogens with zero attached hydrogens (tertiary/aromatic N) is 1. The molecule has 1 unspecified atom stereocenters. The molecule has 3 nitrogen and oxygen atoms in total. The van der Waals surface area contributed by atoms with Crippen molar-refractivity contribution in [2.75, 3.05) is 6.54 Å². The summed E-state index contributed by atoms with van der Waals surface area (Å²) in [4.78, 5) is 0. The molecule has 2 N–H and O–H groups in total. The van der Waals surface area contributed by atoms with E-state index in [0.29, 0.717) is 0 Å². The number of rotatable bonds is 4. The second-order valence-corrected chi connectivity index (χ2v) is 3.99. The predicted octanol–water partition coefficient (Wildman–Crippen LogP) is 2.76. The molecular weight excluding hydrogens is 222 g/mol. The minimum absolute atomic E-state index is 0.143.